The molecule has 5 heteroatoms. The van der Waals surface area contributed by atoms with Crippen LogP contribution < -0.4 is 0 Å². The van der Waals surface area contributed by atoms with Gasteiger partial charge in [-0.3, -0.25) is 4.55 Å². The third-order valence-electron chi connectivity index (χ3n) is 0.953. The van der Waals surface area contributed by atoms with Crippen LogP contribution in [0.4, 0.5) is 0 Å². The van der Waals surface area contributed by atoms with Crippen LogP contribution in [0.5, 0.6) is 0 Å². The molecule has 10 heavy (non-hydrogen) atoms. The van der Waals surface area contributed by atoms with Crippen LogP contribution in [-0.4, -0.2) is 18.7 Å². The fraction of sp³-hybridized carbons (Fsp3) is 1.00. The van der Waals surface area contributed by atoms with Gasteiger partial charge < -0.3 is 0 Å². The maximum absolute atomic E-state index is 10.1. The summed E-state index contributed by atoms with van der Waals surface area (Å²) in [5, 5.41) is 0. The normalized spacial score (nSPS) is 11.2. The average molecular weight is 211 g/mol. The molecular weight excluding hydrogens is 199 g/mol. The molecule has 0 aromatic carbocycles. The third kappa shape index (κ3) is 11.2. The maximum atomic E-state index is 10.1. The molecule has 0 heterocycles. The van der Waals surface area contributed by atoms with Crippen LogP contribution in [0.25, 0.3) is 0 Å². The second kappa shape index (κ2) is 5.11. The van der Waals surface area contributed by atoms with Gasteiger partial charge in [-0.1, -0.05) is 13.8 Å². The average Bonchev–Trinajstić information content (AvgIpc) is 1.59. The molecule has 0 bridgehead atoms. The van der Waals surface area contributed by atoms with Gasteiger partial charge in [-0.25, -0.2) is 0 Å². The molecule has 0 unspecified atom stereocenters. The minimum Gasteiger partial charge on any atom is -0.286 e. The van der Waals surface area contributed by atoms with E-state index >= 15 is 0 Å². The Morgan fingerprint density at radius 1 is 1.40 bits per heavy atom. The summed E-state index contributed by atoms with van der Waals surface area (Å²) >= 11 is 0. The summed E-state index contributed by atoms with van der Waals surface area (Å²) in [6.45, 7) is 3.82. The van der Waals surface area contributed by atoms with Crippen LogP contribution in [0.1, 0.15) is 20.3 Å². The first-order chi connectivity index (χ1) is 3.92. The van der Waals surface area contributed by atoms with Gasteiger partial charge in [-0.15, -0.1) is 0 Å². The van der Waals surface area contributed by atoms with Gasteiger partial charge in [0.2, 0.25) is 0 Å². The second-order valence-corrected chi connectivity index (χ2v) is 4.04. The minimum atomic E-state index is -3.72. The van der Waals surface area contributed by atoms with Crippen molar-refractivity contribution in [2.24, 2.45) is 5.92 Å². The van der Waals surface area contributed by atoms with Gasteiger partial charge >= 0.3 is 0 Å². The summed E-state index contributed by atoms with van der Waals surface area (Å²) in [5.41, 5.74) is 0. The SMILES string of the molecule is CC(C)CCS(=O)(=O)O.[Ni]. The molecule has 0 amide bonds. The Labute approximate surface area is 71.9 Å². The van der Waals surface area contributed by atoms with Gasteiger partial charge in [0, 0.05) is 16.5 Å². The molecule has 0 rings (SSSR count). The van der Waals surface area contributed by atoms with Crippen molar-refractivity contribution in [2.75, 3.05) is 5.75 Å². The van der Waals surface area contributed by atoms with Gasteiger partial charge in [0.25, 0.3) is 10.1 Å². The van der Waals surface area contributed by atoms with Crippen LogP contribution in [-0.2, 0) is 26.6 Å². The Morgan fingerprint density at radius 3 is 1.90 bits per heavy atom. The Hall–Kier alpha value is 0.404. The van der Waals surface area contributed by atoms with Crippen molar-refractivity contribution < 1.29 is 29.5 Å². The zero-order valence-corrected chi connectivity index (χ0v) is 7.78. The van der Waals surface area contributed by atoms with Crippen molar-refractivity contribution in [3.05, 3.63) is 0 Å². The molecule has 0 aliphatic heterocycles. The zero-order chi connectivity index (χ0) is 7.49. The standard InChI is InChI=1S/C5H12O3S.Ni/c1-5(2)3-4-9(6,7)8;/h5H,3-4H2,1-2H3,(H,6,7,8);. The molecule has 0 aliphatic rings. The zero-order valence-electron chi connectivity index (χ0n) is 5.98. The third-order valence-corrected chi connectivity index (χ3v) is 1.70. The maximum Gasteiger partial charge on any atom is 0.264 e. The van der Waals surface area contributed by atoms with Gasteiger partial charge in [0.15, 0.2) is 0 Å². The van der Waals surface area contributed by atoms with Gasteiger partial charge in [0.1, 0.15) is 0 Å². The topological polar surface area (TPSA) is 54.4 Å². The summed E-state index contributed by atoms with van der Waals surface area (Å²) in [6, 6.07) is 0. The number of hydrogen-bond donors (Lipinski definition) is 1. The van der Waals surface area contributed by atoms with E-state index < -0.39 is 10.1 Å². The first-order valence-electron chi connectivity index (χ1n) is 2.87. The van der Waals surface area contributed by atoms with Crippen molar-refractivity contribution >= 4 is 10.1 Å². The quantitative estimate of drug-likeness (QED) is 0.557. The van der Waals surface area contributed by atoms with Crippen molar-refractivity contribution in [2.45, 2.75) is 20.3 Å². The van der Waals surface area contributed by atoms with Crippen LogP contribution in [0, 0.1) is 5.92 Å². The molecule has 0 aromatic rings. The molecule has 1 N–H and O–H groups in total. The fourth-order valence-electron chi connectivity index (χ4n) is 0.385. The molecule has 66 valence electrons. The number of hydrogen-bond acceptors (Lipinski definition) is 2. The second-order valence-electron chi connectivity index (χ2n) is 2.47. The van der Waals surface area contributed by atoms with Gasteiger partial charge in [-0.05, 0) is 12.3 Å². The summed E-state index contributed by atoms with van der Waals surface area (Å²) in [4.78, 5) is 0. The van der Waals surface area contributed by atoms with Crippen LogP contribution >= 0.6 is 0 Å². The van der Waals surface area contributed by atoms with Crippen molar-refractivity contribution in [1.29, 1.82) is 0 Å². The van der Waals surface area contributed by atoms with E-state index in [0.717, 1.165) is 0 Å². The van der Waals surface area contributed by atoms with E-state index in [1.165, 1.54) is 0 Å². The van der Waals surface area contributed by atoms with E-state index in [-0.39, 0.29) is 22.2 Å². The number of rotatable bonds is 3. The van der Waals surface area contributed by atoms with Gasteiger partial charge in [-0.2, -0.15) is 8.42 Å². The predicted octanol–water partition coefficient (Wildman–Crippen LogP) is 0.918. The minimum absolute atomic E-state index is 0. The van der Waals surface area contributed by atoms with E-state index in [1.807, 2.05) is 13.8 Å². The van der Waals surface area contributed by atoms with Crippen LogP contribution in [0.3, 0.4) is 0 Å². The van der Waals surface area contributed by atoms with E-state index in [0.29, 0.717) is 12.3 Å². The van der Waals surface area contributed by atoms with Crippen LogP contribution in [0.2, 0.25) is 0 Å². The Morgan fingerprint density at radius 2 is 1.80 bits per heavy atom. The smallest absolute Gasteiger partial charge is 0.264 e. The summed E-state index contributed by atoms with van der Waals surface area (Å²) in [7, 11) is -3.72. The van der Waals surface area contributed by atoms with Crippen molar-refractivity contribution in [1.82, 2.24) is 0 Å². The molecule has 0 atom stereocenters. The summed E-state index contributed by atoms with van der Waals surface area (Å²) in [5.74, 6) is 0.205. The molecule has 0 aliphatic carbocycles. The largest absolute Gasteiger partial charge is 0.286 e. The summed E-state index contributed by atoms with van der Waals surface area (Å²) < 4.78 is 28.4. The van der Waals surface area contributed by atoms with Crippen molar-refractivity contribution in [3.63, 3.8) is 0 Å². The predicted molar refractivity (Wildman–Crippen MR) is 35.9 cm³/mol. The molecule has 0 aromatic heterocycles. The molecule has 0 spiro atoms. The Kier molecular flexibility index (Phi) is 6.65. The fourth-order valence-corrected chi connectivity index (χ4v) is 1.15. The Bertz CT molecular complexity index is 162. The van der Waals surface area contributed by atoms with Crippen molar-refractivity contribution in [3.8, 4) is 0 Å². The first kappa shape index (κ1) is 13.0. The molecular formula is C5H12NiO3S. The monoisotopic (exact) mass is 210 g/mol. The molecule has 0 fully saturated rings. The molecule has 0 saturated heterocycles. The van der Waals surface area contributed by atoms with E-state index in [1.54, 1.807) is 0 Å². The Balaban J connectivity index is 0. The van der Waals surface area contributed by atoms with E-state index in [4.69, 9.17) is 4.55 Å². The van der Waals surface area contributed by atoms with E-state index in [9.17, 15) is 8.42 Å². The molecule has 3 nitrogen and oxygen atoms in total. The first-order valence-corrected chi connectivity index (χ1v) is 4.48. The molecule has 0 radical (unpaired) electrons. The molecule has 0 saturated carbocycles. The summed E-state index contributed by atoms with van der Waals surface area (Å²) in [6.07, 6.45) is 0.527. The van der Waals surface area contributed by atoms with Gasteiger partial charge in [0.05, 0.1) is 5.75 Å². The van der Waals surface area contributed by atoms with E-state index in [2.05, 4.69) is 0 Å². The van der Waals surface area contributed by atoms with Crippen LogP contribution in [0.15, 0.2) is 0 Å².